The van der Waals surface area contributed by atoms with Crippen molar-refractivity contribution in [2.24, 2.45) is 4.40 Å². The minimum atomic E-state index is 0.134. The average Bonchev–Trinajstić information content (AvgIpc) is 2.01. The number of nitrogens with zero attached hydrogens (tertiary/aromatic N) is 2. The molecule has 0 radical (unpaired) electrons. The van der Waals surface area contributed by atoms with Crippen LogP contribution in [-0.4, -0.2) is 15.9 Å². The van der Waals surface area contributed by atoms with E-state index in [0.29, 0.717) is 5.02 Å². The molecule has 0 aromatic carbocycles. The normalized spacial score (nSPS) is 12.3. The molecule has 1 aromatic heterocycles. The Morgan fingerprint density at radius 1 is 1.50 bits per heavy atom. The first-order valence-electron chi connectivity index (χ1n) is 4.30. The van der Waals surface area contributed by atoms with Crippen LogP contribution in [-0.2, 0) is 0 Å². The van der Waals surface area contributed by atoms with E-state index in [4.69, 9.17) is 11.6 Å². The van der Waals surface area contributed by atoms with E-state index in [0.717, 1.165) is 5.69 Å². The third-order valence-electron chi connectivity index (χ3n) is 1.25. The zero-order valence-corrected chi connectivity index (χ0v) is 10.1. The molecule has 0 N–H and O–H groups in total. The molecule has 0 spiro atoms. The van der Waals surface area contributed by atoms with Gasteiger partial charge in [0, 0.05) is 16.0 Å². The summed E-state index contributed by atoms with van der Waals surface area (Å²) in [5.74, 6) is 0. The van der Waals surface area contributed by atoms with Gasteiger partial charge in [-0.15, -0.1) is 0 Å². The summed E-state index contributed by atoms with van der Waals surface area (Å²) < 4.78 is 4.36. The van der Waals surface area contributed by atoms with Gasteiger partial charge in [-0.2, -0.15) is 0 Å². The highest BCUT2D eigenvalue weighted by Gasteiger charge is 2.08. The van der Waals surface area contributed by atoms with E-state index in [2.05, 4.69) is 30.2 Å². The van der Waals surface area contributed by atoms with Crippen molar-refractivity contribution in [1.29, 1.82) is 0 Å². The summed E-state index contributed by atoms with van der Waals surface area (Å²) in [4.78, 5) is 4.11. The molecule has 1 aromatic rings. The SMILES string of the molecule is CC(C)(C)SN=Cc1cc(Cl)ccn1. The van der Waals surface area contributed by atoms with Crippen molar-refractivity contribution in [1.82, 2.24) is 4.98 Å². The Labute approximate surface area is 93.9 Å². The Kier molecular flexibility index (Phi) is 3.96. The summed E-state index contributed by atoms with van der Waals surface area (Å²) in [5, 5.41) is 0.683. The zero-order valence-electron chi connectivity index (χ0n) is 8.49. The van der Waals surface area contributed by atoms with Crippen molar-refractivity contribution in [2.45, 2.75) is 25.5 Å². The summed E-state index contributed by atoms with van der Waals surface area (Å²) in [6, 6.07) is 3.53. The highest BCUT2D eigenvalue weighted by molar-refractivity contribution is 7.99. The van der Waals surface area contributed by atoms with E-state index >= 15 is 0 Å². The lowest BCUT2D eigenvalue weighted by Crippen LogP contribution is -2.05. The van der Waals surface area contributed by atoms with Crippen molar-refractivity contribution >= 4 is 29.8 Å². The molecule has 0 saturated carbocycles. The summed E-state index contributed by atoms with van der Waals surface area (Å²) >= 11 is 7.33. The molecular formula is C10H13ClN2S. The molecule has 0 saturated heterocycles. The van der Waals surface area contributed by atoms with Crippen LogP contribution in [0.1, 0.15) is 26.5 Å². The lowest BCUT2D eigenvalue weighted by atomic mass is 10.3. The molecule has 76 valence electrons. The van der Waals surface area contributed by atoms with Crippen molar-refractivity contribution in [3.05, 3.63) is 29.0 Å². The zero-order chi connectivity index (χ0) is 10.6. The van der Waals surface area contributed by atoms with E-state index in [1.807, 2.05) is 0 Å². The van der Waals surface area contributed by atoms with Gasteiger partial charge in [-0.3, -0.25) is 4.98 Å². The maximum absolute atomic E-state index is 5.81. The number of halogens is 1. The predicted octanol–water partition coefficient (Wildman–Crippen LogP) is 3.60. The van der Waals surface area contributed by atoms with Gasteiger partial charge in [0.25, 0.3) is 0 Å². The molecule has 0 aliphatic carbocycles. The summed E-state index contributed by atoms with van der Waals surface area (Å²) in [7, 11) is 0. The predicted molar refractivity (Wildman–Crippen MR) is 64.2 cm³/mol. The third kappa shape index (κ3) is 4.63. The molecule has 14 heavy (non-hydrogen) atoms. The minimum absolute atomic E-state index is 0.134. The molecular weight excluding hydrogens is 216 g/mol. The van der Waals surface area contributed by atoms with Crippen molar-refractivity contribution in [3.63, 3.8) is 0 Å². The lowest BCUT2D eigenvalue weighted by molar-refractivity contribution is 0.804. The maximum Gasteiger partial charge on any atom is 0.0833 e. The fourth-order valence-electron chi connectivity index (χ4n) is 0.730. The van der Waals surface area contributed by atoms with Gasteiger partial charge in [0.1, 0.15) is 0 Å². The molecule has 1 rings (SSSR count). The maximum atomic E-state index is 5.81. The smallest absolute Gasteiger partial charge is 0.0833 e. The first kappa shape index (κ1) is 11.5. The second kappa shape index (κ2) is 4.80. The number of hydrogen-bond donors (Lipinski definition) is 0. The molecule has 0 atom stereocenters. The highest BCUT2D eigenvalue weighted by Crippen LogP contribution is 2.23. The van der Waals surface area contributed by atoms with Crippen LogP contribution in [0.2, 0.25) is 5.02 Å². The van der Waals surface area contributed by atoms with Crippen molar-refractivity contribution < 1.29 is 0 Å². The number of rotatable bonds is 2. The van der Waals surface area contributed by atoms with E-state index in [9.17, 15) is 0 Å². The first-order valence-corrected chi connectivity index (χ1v) is 5.46. The molecule has 0 aliphatic rings. The molecule has 2 nitrogen and oxygen atoms in total. The Bertz CT molecular complexity index is 331. The topological polar surface area (TPSA) is 25.2 Å². The van der Waals surface area contributed by atoms with Gasteiger partial charge < -0.3 is 0 Å². The van der Waals surface area contributed by atoms with Crippen molar-refractivity contribution in [2.75, 3.05) is 0 Å². The van der Waals surface area contributed by atoms with Gasteiger partial charge in [0.2, 0.25) is 0 Å². The standard InChI is InChI=1S/C10H13ClN2S/c1-10(2,3)14-13-7-9-6-8(11)4-5-12-9/h4-7H,1-3H3. The number of aromatic nitrogens is 1. The van der Waals surface area contributed by atoms with Gasteiger partial charge in [-0.05, 0) is 44.9 Å². The first-order chi connectivity index (χ1) is 6.47. The number of hydrogen-bond acceptors (Lipinski definition) is 3. The van der Waals surface area contributed by atoms with E-state index in [1.54, 1.807) is 24.5 Å². The average molecular weight is 229 g/mol. The van der Waals surface area contributed by atoms with E-state index in [1.165, 1.54) is 11.9 Å². The van der Waals surface area contributed by atoms with Crippen LogP contribution in [0.25, 0.3) is 0 Å². The Morgan fingerprint density at radius 2 is 2.21 bits per heavy atom. The monoisotopic (exact) mass is 228 g/mol. The van der Waals surface area contributed by atoms with Crippen LogP contribution < -0.4 is 0 Å². The molecule has 0 bridgehead atoms. The molecule has 0 amide bonds. The summed E-state index contributed by atoms with van der Waals surface area (Å²) in [6.07, 6.45) is 3.40. The fraction of sp³-hybridized carbons (Fsp3) is 0.400. The second-order valence-corrected chi connectivity index (χ2v) is 5.89. The minimum Gasteiger partial charge on any atom is -0.255 e. The second-order valence-electron chi connectivity index (χ2n) is 3.84. The van der Waals surface area contributed by atoms with Crippen molar-refractivity contribution in [3.8, 4) is 0 Å². The van der Waals surface area contributed by atoms with Crippen LogP contribution in [0.15, 0.2) is 22.7 Å². The molecule has 0 fully saturated rings. The molecule has 0 unspecified atom stereocenters. The number of pyridine rings is 1. The quantitative estimate of drug-likeness (QED) is 0.571. The molecule has 0 aliphatic heterocycles. The van der Waals surface area contributed by atoms with Crippen LogP contribution >= 0.6 is 23.5 Å². The van der Waals surface area contributed by atoms with Gasteiger partial charge in [0.15, 0.2) is 0 Å². The summed E-state index contributed by atoms with van der Waals surface area (Å²) in [5.41, 5.74) is 0.786. The Hall–Kier alpha value is -0.540. The Balaban J connectivity index is 2.61. The van der Waals surface area contributed by atoms with E-state index < -0.39 is 0 Å². The Morgan fingerprint density at radius 3 is 2.79 bits per heavy atom. The van der Waals surface area contributed by atoms with Gasteiger partial charge in [0.05, 0.1) is 11.9 Å². The van der Waals surface area contributed by atoms with Gasteiger partial charge in [-0.25, -0.2) is 4.40 Å². The van der Waals surface area contributed by atoms with Gasteiger partial charge >= 0.3 is 0 Å². The van der Waals surface area contributed by atoms with Gasteiger partial charge in [-0.1, -0.05) is 11.6 Å². The summed E-state index contributed by atoms with van der Waals surface area (Å²) in [6.45, 7) is 6.33. The van der Waals surface area contributed by atoms with Crippen LogP contribution in [0.4, 0.5) is 0 Å². The largest absolute Gasteiger partial charge is 0.255 e. The van der Waals surface area contributed by atoms with E-state index in [-0.39, 0.29) is 4.75 Å². The van der Waals surface area contributed by atoms with Crippen LogP contribution in [0.3, 0.4) is 0 Å². The lowest BCUT2D eigenvalue weighted by Gasteiger charge is -2.11. The molecule has 4 heteroatoms. The highest BCUT2D eigenvalue weighted by atomic mass is 35.5. The third-order valence-corrected chi connectivity index (χ3v) is 2.25. The van der Waals surface area contributed by atoms with Crippen LogP contribution in [0.5, 0.6) is 0 Å². The fourth-order valence-corrected chi connectivity index (χ4v) is 1.38. The van der Waals surface area contributed by atoms with Crippen LogP contribution in [0, 0.1) is 0 Å². The molecule has 1 heterocycles.